The Kier molecular flexibility index (Phi) is 4.04. The molecule has 0 amide bonds. The minimum absolute atomic E-state index is 0.622. The number of likely N-dealkylation sites (N-methyl/N-ethyl adjacent to an activating group) is 1. The van der Waals surface area contributed by atoms with Crippen molar-refractivity contribution in [3.63, 3.8) is 0 Å². The molecule has 102 valence electrons. The Labute approximate surface area is 108 Å². The molecule has 5 heteroatoms. The minimum atomic E-state index is -0.635. The molecule has 1 aromatic heterocycles. The van der Waals surface area contributed by atoms with Gasteiger partial charge in [-0.2, -0.15) is 0 Å². The zero-order valence-corrected chi connectivity index (χ0v) is 11.4. The molecule has 0 radical (unpaired) electrons. The van der Waals surface area contributed by atoms with Gasteiger partial charge in [-0.3, -0.25) is 4.90 Å². The van der Waals surface area contributed by atoms with Gasteiger partial charge in [0.05, 0.1) is 17.8 Å². The van der Waals surface area contributed by atoms with Crippen molar-refractivity contribution in [2.75, 3.05) is 26.8 Å². The van der Waals surface area contributed by atoms with Gasteiger partial charge in [-0.1, -0.05) is 0 Å². The summed E-state index contributed by atoms with van der Waals surface area (Å²) in [4.78, 5) is 6.40. The third-order valence-corrected chi connectivity index (χ3v) is 3.47. The van der Waals surface area contributed by atoms with Gasteiger partial charge in [0, 0.05) is 32.6 Å². The summed E-state index contributed by atoms with van der Waals surface area (Å²) < 4.78 is 10.8. The zero-order valence-electron chi connectivity index (χ0n) is 11.4. The highest BCUT2D eigenvalue weighted by molar-refractivity contribution is 5.05. The summed E-state index contributed by atoms with van der Waals surface area (Å²) in [5, 5.41) is 10.4. The molecule has 1 aromatic rings. The number of aliphatic hydroxyl groups is 1. The lowest BCUT2D eigenvalue weighted by molar-refractivity contribution is -0.0783. The van der Waals surface area contributed by atoms with Crippen LogP contribution in [0.25, 0.3) is 0 Å². The molecule has 0 aliphatic carbocycles. The van der Waals surface area contributed by atoms with Crippen molar-refractivity contribution < 1.29 is 14.3 Å². The monoisotopic (exact) mass is 254 g/mol. The highest BCUT2D eigenvalue weighted by Gasteiger charge is 2.31. The van der Waals surface area contributed by atoms with Gasteiger partial charge in [0.2, 0.25) is 5.89 Å². The fourth-order valence-corrected chi connectivity index (χ4v) is 2.31. The average Bonchev–Trinajstić information content (AvgIpc) is 2.57. The van der Waals surface area contributed by atoms with Crippen LogP contribution in [0.2, 0.25) is 0 Å². The Morgan fingerprint density at radius 3 is 2.56 bits per heavy atom. The predicted octanol–water partition coefficient (Wildman–Crippen LogP) is 1.26. The first kappa shape index (κ1) is 13.5. The number of ether oxygens (including phenoxy) is 1. The molecule has 18 heavy (non-hydrogen) atoms. The summed E-state index contributed by atoms with van der Waals surface area (Å²) in [6.07, 6.45) is 1.39. The number of hydrogen-bond acceptors (Lipinski definition) is 5. The van der Waals surface area contributed by atoms with Gasteiger partial charge in [0.25, 0.3) is 0 Å². The van der Waals surface area contributed by atoms with Crippen molar-refractivity contribution in [2.24, 2.45) is 0 Å². The second kappa shape index (κ2) is 5.38. The maximum atomic E-state index is 10.4. The van der Waals surface area contributed by atoms with Gasteiger partial charge in [-0.05, 0) is 20.9 Å². The zero-order chi connectivity index (χ0) is 13.2. The number of aryl methyl sites for hydroxylation is 2. The molecule has 5 nitrogen and oxygen atoms in total. The SMILES string of the molecule is Cc1nc(CN(C)CC2(O)CCOCC2)oc1C. The van der Waals surface area contributed by atoms with Crippen LogP contribution in [-0.4, -0.2) is 47.4 Å². The molecule has 1 aliphatic heterocycles. The highest BCUT2D eigenvalue weighted by atomic mass is 16.5. The van der Waals surface area contributed by atoms with E-state index in [1.54, 1.807) is 0 Å². The van der Waals surface area contributed by atoms with Crippen LogP contribution in [0.15, 0.2) is 4.42 Å². The van der Waals surface area contributed by atoms with E-state index in [0.29, 0.717) is 45.0 Å². The molecule has 0 saturated carbocycles. The maximum absolute atomic E-state index is 10.4. The Hall–Kier alpha value is -0.910. The van der Waals surface area contributed by atoms with E-state index in [1.807, 2.05) is 20.9 Å². The Morgan fingerprint density at radius 1 is 1.33 bits per heavy atom. The van der Waals surface area contributed by atoms with Gasteiger partial charge in [-0.15, -0.1) is 0 Å². The van der Waals surface area contributed by atoms with E-state index < -0.39 is 5.60 Å². The standard InChI is InChI=1S/C13H22N2O3/c1-10-11(2)18-12(14-10)8-15(3)9-13(16)4-6-17-7-5-13/h16H,4-9H2,1-3H3. The molecule has 1 aliphatic rings. The highest BCUT2D eigenvalue weighted by Crippen LogP contribution is 2.22. The number of hydrogen-bond donors (Lipinski definition) is 1. The molecule has 0 bridgehead atoms. The van der Waals surface area contributed by atoms with Crippen LogP contribution in [0.4, 0.5) is 0 Å². The van der Waals surface area contributed by atoms with Crippen LogP contribution in [0.3, 0.4) is 0 Å². The lowest BCUT2D eigenvalue weighted by Crippen LogP contribution is -2.45. The summed E-state index contributed by atoms with van der Waals surface area (Å²) in [5.74, 6) is 1.58. The van der Waals surface area contributed by atoms with Crippen molar-refractivity contribution in [2.45, 2.75) is 38.8 Å². The second-order valence-corrected chi connectivity index (χ2v) is 5.26. The molecular weight excluding hydrogens is 232 g/mol. The van der Waals surface area contributed by atoms with Crippen molar-refractivity contribution in [1.29, 1.82) is 0 Å². The van der Waals surface area contributed by atoms with E-state index in [1.165, 1.54) is 0 Å². The normalized spacial score (nSPS) is 19.4. The van der Waals surface area contributed by atoms with E-state index in [-0.39, 0.29) is 0 Å². The Morgan fingerprint density at radius 2 is 2.00 bits per heavy atom. The topological polar surface area (TPSA) is 58.7 Å². The molecule has 0 unspecified atom stereocenters. The molecular formula is C13H22N2O3. The van der Waals surface area contributed by atoms with Gasteiger partial charge in [-0.25, -0.2) is 4.98 Å². The minimum Gasteiger partial charge on any atom is -0.444 e. The van der Waals surface area contributed by atoms with E-state index >= 15 is 0 Å². The Bertz CT molecular complexity index is 377. The molecule has 0 aromatic carbocycles. The number of nitrogens with zero attached hydrogens (tertiary/aromatic N) is 2. The van der Waals surface area contributed by atoms with Crippen LogP contribution >= 0.6 is 0 Å². The number of aromatic nitrogens is 1. The second-order valence-electron chi connectivity index (χ2n) is 5.26. The molecule has 2 heterocycles. The Balaban J connectivity index is 1.89. The summed E-state index contributed by atoms with van der Waals surface area (Å²) in [5.41, 5.74) is 0.298. The fraction of sp³-hybridized carbons (Fsp3) is 0.769. The smallest absolute Gasteiger partial charge is 0.208 e. The predicted molar refractivity (Wildman–Crippen MR) is 67.3 cm³/mol. The summed E-state index contributed by atoms with van der Waals surface area (Å²) in [6.45, 7) is 6.38. The first-order chi connectivity index (χ1) is 8.48. The van der Waals surface area contributed by atoms with E-state index in [9.17, 15) is 5.11 Å². The van der Waals surface area contributed by atoms with E-state index in [2.05, 4.69) is 9.88 Å². The first-order valence-electron chi connectivity index (χ1n) is 6.40. The van der Waals surface area contributed by atoms with Crippen LogP contribution in [0, 0.1) is 13.8 Å². The van der Waals surface area contributed by atoms with Gasteiger partial charge >= 0.3 is 0 Å². The van der Waals surface area contributed by atoms with Crippen LogP contribution < -0.4 is 0 Å². The average molecular weight is 254 g/mol. The summed E-state index contributed by atoms with van der Waals surface area (Å²) >= 11 is 0. The quantitative estimate of drug-likeness (QED) is 0.876. The van der Waals surface area contributed by atoms with Crippen molar-refractivity contribution >= 4 is 0 Å². The summed E-state index contributed by atoms with van der Waals surface area (Å²) in [7, 11) is 1.97. The van der Waals surface area contributed by atoms with Gasteiger partial charge in [0.1, 0.15) is 5.76 Å². The largest absolute Gasteiger partial charge is 0.444 e. The van der Waals surface area contributed by atoms with Crippen LogP contribution in [0.1, 0.15) is 30.2 Å². The lowest BCUT2D eigenvalue weighted by atomic mass is 9.94. The number of rotatable bonds is 4. The van der Waals surface area contributed by atoms with E-state index in [0.717, 1.165) is 11.5 Å². The third kappa shape index (κ3) is 3.31. The van der Waals surface area contributed by atoms with Crippen molar-refractivity contribution in [3.05, 3.63) is 17.3 Å². The van der Waals surface area contributed by atoms with Crippen LogP contribution in [0.5, 0.6) is 0 Å². The van der Waals surface area contributed by atoms with Gasteiger partial charge in [0.15, 0.2) is 0 Å². The fourth-order valence-electron chi connectivity index (χ4n) is 2.31. The molecule has 0 atom stereocenters. The van der Waals surface area contributed by atoms with Crippen LogP contribution in [-0.2, 0) is 11.3 Å². The summed E-state index contributed by atoms with van der Waals surface area (Å²) in [6, 6.07) is 0. The molecule has 1 N–H and O–H groups in total. The van der Waals surface area contributed by atoms with E-state index in [4.69, 9.17) is 9.15 Å². The molecule has 0 spiro atoms. The first-order valence-corrected chi connectivity index (χ1v) is 6.40. The lowest BCUT2D eigenvalue weighted by Gasteiger charge is -2.35. The molecule has 2 rings (SSSR count). The van der Waals surface area contributed by atoms with Crippen molar-refractivity contribution in [1.82, 2.24) is 9.88 Å². The molecule has 1 saturated heterocycles. The third-order valence-electron chi connectivity index (χ3n) is 3.47. The number of oxazole rings is 1. The maximum Gasteiger partial charge on any atom is 0.208 e. The van der Waals surface area contributed by atoms with Gasteiger partial charge < -0.3 is 14.3 Å². The van der Waals surface area contributed by atoms with Crippen molar-refractivity contribution in [3.8, 4) is 0 Å². The molecule has 1 fully saturated rings.